The lowest BCUT2D eigenvalue weighted by Crippen LogP contribution is -2.39. The highest BCUT2D eigenvalue weighted by Gasteiger charge is 2.25. The summed E-state index contributed by atoms with van der Waals surface area (Å²) in [5.74, 6) is 1.53. The monoisotopic (exact) mass is 412 g/mol. The Bertz CT molecular complexity index is 847. The number of aryl methyl sites for hydroxylation is 1. The van der Waals surface area contributed by atoms with E-state index < -0.39 is 0 Å². The van der Waals surface area contributed by atoms with Crippen molar-refractivity contribution in [2.45, 2.75) is 32.6 Å². The number of hydrogen-bond donors (Lipinski definition) is 0. The largest absolute Gasteiger partial charge is 0.493 e. The topological polar surface area (TPSA) is 49.9 Å². The second-order valence-electron chi connectivity index (χ2n) is 7.98. The lowest BCUT2D eigenvalue weighted by Gasteiger charge is -2.31. The fourth-order valence-electron chi connectivity index (χ4n) is 4.02. The number of amides is 2. The summed E-state index contributed by atoms with van der Waals surface area (Å²) in [4.78, 5) is 30.8. The molecule has 1 aromatic carbocycles. The summed E-state index contributed by atoms with van der Waals surface area (Å²) in [6.07, 6.45) is 4.12. The van der Waals surface area contributed by atoms with E-state index in [4.69, 9.17) is 4.74 Å². The van der Waals surface area contributed by atoms with Crippen LogP contribution in [-0.2, 0) is 0 Å². The molecule has 2 amide bonds. The molecule has 5 nitrogen and oxygen atoms in total. The number of carbonyl (C=O) groups is 2. The molecule has 3 heterocycles. The van der Waals surface area contributed by atoms with E-state index in [2.05, 4.69) is 0 Å². The highest BCUT2D eigenvalue weighted by Crippen LogP contribution is 2.24. The van der Waals surface area contributed by atoms with E-state index in [0.29, 0.717) is 12.5 Å². The zero-order chi connectivity index (χ0) is 20.2. The van der Waals surface area contributed by atoms with Crippen molar-refractivity contribution >= 4 is 23.2 Å². The third-order valence-corrected chi connectivity index (χ3v) is 6.82. The van der Waals surface area contributed by atoms with Crippen molar-refractivity contribution in [2.24, 2.45) is 5.92 Å². The van der Waals surface area contributed by atoms with Gasteiger partial charge in [0.15, 0.2) is 0 Å². The molecule has 2 aliphatic heterocycles. The molecule has 2 aromatic rings. The van der Waals surface area contributed by atoms with Crippen LogP contribution in [0.3, 0.4) is 0 Å². The standard InChI is InChI=1S/C23H28N2O3S/c1-17-4-9-21(29-17)23(27)25-14-10-18(11-15-25)16-28-20-7-5-19(6-8-20)22(26)24-12-2-3-13-24/h4-9,18H,2-3,10-16H2,1H3. The Morgan fingerprint density at radius 1 is 0.931 bits per heavy atom. The highest BCUT2D eigenvalue weighted by atomic mass is 32.1. The molecule has 2 aliphatic rings. The SMILES string of the molecule is Cc1ccc(C(=O)N2CCC(COc3ccc(C(=O)N4CCCC4)cc3)CC2)s1. The second kappa shape index (κ2) is 8.99. The molecular formula is C23H28N2O3S. The summed E-state index contributed by atoms with van der Waals surface area (Å²) in [7, 11) is 0. The third kappa shape index (κ3) is 4.81. The van der Waals surface area contributed by atoms with Gasteiger partial charge in [-0.1, -0.05) is 0 Å². The molecule has 0 saturated carbocycles. The molecule has 6 heteroatoms. The van der Waals surface area contributed by atoms with Gasteiger partial charge >= 0.3 is 0 Å². The second-order valence-corrected chi connectivity index (χ2v) is 9.27. The maximum Gasteiger partial charge on any atom is 0.263 e. The Hall–Kier alpha value is -2.34. The fraction of sp³-hybridized carbons (Fsp3) is 0.478. The van der Waals surface area contributed by atoms with Crippen molar-refractivity contribution in [1.82, 2.24) is 9.80 Å². The van der Waals surface area contributed by atoms with E-state index >= 15 is 0 Å². The van der Waals surface area contributed by atoms with Gasteiger partial charge in [0.05, 0.1) is 11.5 Å². The van der Waals surface area contributed by atoms with Gasteiger partial charge in [-0.25, -0.2) is 0 Å². The molecule has 1 aromatic heterocycles. The Balaban J connectivity index is 1.23. The van der Waals surface area contributed by atoms with E-state index in [9.17, 15) is 9.59 Å². The average molecular weight is 413 g/mol. The van der Waals surface area contributed by atoms with Crippen molar-refractivity contribution < 1.29 is 14.3 Å². The normalized spacial score (nSPS) is 17.6. The van der Waals surface area contributed by atoms with Crippen LogP contribution in [0.15, 0.2) is 36.4 Å². The quantitative estimate of drug-likeness (QED) is 0.739. The zero-order valence-corrected chi connectivity index (χ0v) is 17.7. The first-order chi connectivity index (χ1) is 14.1. The van der Waals surface area contributed by atoms with E-state index in [1.54, 1.807) is 11.3 Å². The van der Waals surface area contributed by atoms with Crippen LogP contribution in [0.5, 0.6) is 5.75 Å². The van der Waals surface area contributed by atoms with Crippen LogP contribution in [-0.4, -0.2) is 54.4 Å². The molecule has 0 radical (unpaired) electrons. The molecule has 0 spiro atoms. The Morgan fingerprint density at radius 3 is 2.21 bits per heavy atom. The summed E-state index contributed by atoms with van der Waals surface area (Å²) in [6.45, 7) is 5.98. The van der Waals surface area contributed by atoms with Crippen molar-refractivity contribution in [1.29, 1.82) is 0 Å². The van der Waals surface area contributed by atoms with Gasteiger partial charge in [0, 0.05) is 36.6 Å². The van der Waals surface area contributed by atoms with Gasteiger partial charge in [0.2, 0.25) is 0 Å². The number of benzene rings is 1. The van der Waals surface area contributed by atoms with Crippen LogP contribution < -0.4 is 4.74 Å². The molecule has 154 valence electrons. The van der Waals surface area contributed by atoms with Gasteiger partial charge in [0.1, 0.15) is 5.75 Å². The van der Waals surface area contributed by atoms with Crippen LogP contribution in [0, 0.1) is 12.8 Å². The molecular weight excluding hydrogens is 384 g/mol. The molecule has 0 aliphatic carbocycles. The number of thiophene rings is 1. The number of ether oxygens (including phenoxy) is 1. The molecule has 0 bridgehead atoms. The van der Waals surface area contributed by atoms with Crippen LogP contribution in [0.25, 0.3) is 0 Å². The molecule has 2 saturated heterocycles. The number of nitrogens with zero attached hydrogens (tertiary/aromatic N) is 2. The van der Waals surface area contributed by atoms with Gasteiger partial charge in [0.25, 0.3) is 11.8 Å². The molecule has 0 atom stereocenters. The predicted octanol–water partition coefficient (Wildman–Crippen LogP) is 4.22. The van der Waals surface area contributed by atoms with Crippen LogP contribution in [0.2, 0.25) is 0 Å². The molecule has 29 heavy (non-hydrogen) atoms. The maximum absolute atomic E-state index is 12.6. The van der Waals surface area contributed by atoms with Gasteiger partial charge in [-0.05, 0) is 74.9 Å². The van der Waals surface area contributed by atoms with E-state index in [1.165, 1.54) is 4.88 Å². The van der Waals surface area contributed by atoms with Crippen LogP contribution in [0.1, 0.15) is 50.6 Å². The molecule has 2 fully saturated rings. The maximum atomic E-state index is 12.6. The zero-order valence-electron chi connectivity index (χ0n) is 16.9. The summed E-state index contributed by atoms with van der Waals surface area (Å²) in [6, 6.07) is 11.4. The lowest BCUT2D eigenvalue weighted by molar-refractivity contribution is 0.0665. The highest BCUT2D eigenvalue weighted by molar-refractivity contribution is 7.13. The summed E-state index contributed by atoms with van der Waals surface area (Å²) < 4.78 is 5.96. The van der Waals surface area contributed by atoms with E-state index in [0.717, 1.165) is 68.1 Å². The number of rotatable bonds is 5. The van der Waals surface area contributed by atoms with Crippen molar-refractivity contribution in [2.75, 3.05) is 32.8 Å². The van der Waals surface area contributed by atoms with Crippen molar-refractivity contribution in [3.8, 4) is 5.75 Å². The number of piperidine rings is 1. The van der Waals surface area contributed by atoms with Gasteiger partial charge in [-0.2, -0.15) is 0 Å². The van der Waals surface area contributed by atoms with E-state index in [1.807, 2.05) is 53.1 Å². The van der Waals surface area contributed by atoms with Gasteiger partial charge < -0.3 is 14.5 Å². The lowest BCUT2D eigenvalue weighted by atomic mass is 9.97. The Morgan fingerprint density at radius 2 is 1.59 bits per heavy atom. The van der Waals surface area contributed by atoms with Crippen molar-refractivity contribution in [3.05, 3.63) is 51.7 Å². The predicted molar refractivity (Wildman–Crippen MR) is 115 cm³/mol. The minimum absolute atomic E-state index is 0.118. The van der Waals surface area contributed by atoms with Crippen LogP contribution in [0.4, 0.5) is 0 Å². The molecule has 4 rings (SSSR count). The third-order valence-electron chi connectivity index (χ3n) is 5.83. The summed E-state index contributed by atoms with van der Waals surface area (Å²) in [5.41, 5.74) is 0.731. The molecule has 0 N–H and O–H groups in total. The minimum atomic E-state index is 0.118. The molecule has 0 unspecified atom stereocenters. The number of likely N-dealkylation sites (tertiary alicyclic amines) is 2. The first-order valence-corrected chi connectivity index (χ1v) is 11.3. The summed E-state index contributed by atoms with van der Waals surface area (Å²) in [5, 5.41) is 0. The smallest absolute Gasteiger partial charge is 0.263 e. The Kier molecular flexibility index (Phi) is 6.19. The minimum Gasteiger partial charge on any atom is -0.493 e. The number of carbonyl (C=O) groups excluding carboxylic acids is 2. The van der Waals surface area contributed by atoms with Gasteiger partial charge in [-0.3, -0.25) is 9.59 Å². The first kappa shape index (κ1) is 20.0. The van der Waals surface area contributed by atoms with Crippen LogP contribution >= 0.6 is 11.3 Å². The van der Waals surface area contributed by atoms with E-state index in [-0.39, 0.29) is 11.8 Å². The first-order valence-electron chi connectivity index (χ1n) is 10.5. The average Bonchev–Trinajstić information content (AvgIpc) is 3.44. The van der Waals surface area contributed by atoms with Crippen molar-refractivity contribution in [3.63, 3.8) is 0 Å². The summed E-state index contributed by atoms with van der Waals surface area (Å²) >= 11 is 1.57. The Labute approximate surface area is 176 Å². The fourth-order valence-corrected chi connectivity index (χ4v) is 4.85. The van der Waals surface area contributed by atoms with Gasteiger partial charge in [-0.15, -0.1) is 11.3 Å². The number of hydrogen-bond acceptors (Lipinski definition) is 4.